The van der Waals surface area contributed by atoms with Crippen molar-refractivity contribution in [1.29, 1.82) is 0 Å². The highest BCUT2D eigenvalue weighted by Crippen LogP contribution is 2.37. The molecule has 0 aliphatic heterocycles. The van der Waals surface area contributed by atoms with Crippen molar-refractivity contribution in [2.24, 2.45) is 11.3 Å². The van der Waals surface area contributed by atoms with Crippen molar-refractivity contribution in [3.63, 3.8) is 0 Å². The minimum Gasteiger partial charge on any atom is -0.0891 e. The van der Waals surface area contributed by atoms with Crippen LogP contribution < -0.4 is 0 Å². The lowest BCUT2D eigenvalue weighted by Gasteiger charge is -2.30. The lowest BCUT2D eigenvalue weighted by molar-refractivity contribution is 0.291. The fourth-order valence-electron chi connectivity index (χ4n) is 1.27. The first kappa shape index (κ1) is 10.1. The number of hydrogen-bond acceptors (Lipinski definition) is 0. The van der Waals surface area contributed by atoms with Gasteiger partial charge in [-0.2, -0.15) is 0 Å². The van der Waals surface area contributed by atoms with Crippen LogP contribution in [0.2, 0.25) is 0 Å². The molecule has 0 saturated carbocycles. The third-order valence-electron chi connectivity index (χ3n) is 2.18. The fraction of sp³-hybridized carbons (Fsp3) is 0.600. The maximum atomic E-state index is 5.95. The molecule has 1 unspecified atom stereocenters. The zero-order valence-corrected chi connectivity index (χ0v) is 9.21. The van der Waals surface area contributed by atoms with Crippen molar-refractivity contribution in [3.8, 4) is 0 Å². The smallest absolute Gasteiger partial charge is 0.0380 e. The molecule has 0 N–H and O–H groups in total. The fourth-order valence-corrected chi connectivity index (χ4v) is 1.90. The summed E-state index contributed by atoms with van der Waals surface area (Å²) in [5.41, 5.74) is 0.245. The Bertz CT molecular complexity index is 231. The highest BCUT2D eigenvalue weighted by atomic mass is 35.5. The number of hydrogen-bond donors (Lipinski definition) is 0. The van der Waals surface area contributed by atoms with Crippen LogP contribution in [-0.2, 0) is 0 Å². The minimum atomic E-state index is 0.245. The van der Waals surface area contributed by atoms with Crippen molar-refractivity contribution < 1.29 is 0 Å². The molecule has 68 valence electrons. The maximum absolute atomic E-state index is 5.95. The monoisotopic (exact) mass is 204 g/mol. The highest BCUT2D eigenvalue weighted by molar-refractivity contribution is 6.34. The zero-order chi connectivity index (χ0) is 9.35. The van der Waals surface area contributed by atoms with Gasteiger partial charge in [0.05, 0.1) is 0 Å². The Hall–Kier alpha value is 0.0600. The van der Waals surface area contributed by atoms with Crippen LogP contribution in [0.4, 0.5) is 0 Å². The first-order chi connectivity index (χ1) is 5.39. The molecule has 0 aromatic heterocycles. The molecule has 0 spiro atoms. The molecule has 1 aliphatic carbocycles. The van der Waals surface area contributed by atoms with Gasteiger partial charge in [-0.3, -0.25) is 0 Å². The summed E-state index contributed by atoms with van der Waals surface area (Å²) in [7, 11) is 0. The van der Waals surface area contributed by atoms with Gasteiger partial charge in [-0.1, -0.05) is 50.0 Å². The summed E-state index contributed by atoms with van der Waals surface area (Å²) in [5.74, 6) is 0.461. The Morgan fingerprint density at radius 2 is 1.92 bits per heavy atom. The van der Waals surface area contributed by atoms with Crippen molar-refractivity contribution in [2.75, 3.05) is 0 Å². The summed E-state index contributed by atoms with van der Waals surface area (Å²) >= 11 is 11.9. The van der Waals surface area contributed by atoms with Crippen LogP contribution in [0.25, 0.3) is 0 Å². The van der Waals surface area contributed by atoms with E-state index >= 15 is 0 Å². The van der Waals surface area contributed by atoms with E-state index in [-0.39, 0.29) is 5.41 Å². The lowest BCUT2D eigenvalue weighted by atomic mass is 9.77. The summed E-state index contributed by atoms with van der Waals surface area (Å²) in [6.07, 6.45) is 4.83. The van der Waals surface area contributed by atoms with Gasteiger partial charge in [-0.05, 0) is 23.8 Å². The standard InChI is InChI=1S/C10H14Cl2/c1-10(2,3)7-4-8(11)6-9(12)5-7/h4,6-7H,5H2,1-3H3. The van der Waals surface area contributed by atoms with Gasteiger partial charge in [-0.25, -0.2) is 0 Å². The molecule has 0 amide bonds. The van der Waals surface area contributed by atoms with Gasteiger partial charge >= 0.3 is 0 Å². The van der Waals surface area contributed by atoms with E-state index in [0.29, 0.717) is 5.92 Å². The summed E-state index contributed by atoms with van der Waals surface area (Å²) in [5, 5.41) is 1.63. The predicted octanol–water partition coefficient (Wildman–Crippen LogP) is 4.30. The summed E-state index contributed by atoms with van der Waals surface area (Å²) in [6.45, 7) is 6.61. The maximum Gasteiger partial charge on any atom is 0.0380 e. The molecule has 0 aromatic carbocycles. The van der Waals surface area contributed by atoms with Gasteiger partial charge in [0.15, 0.2) is 0 Å². The first-order valence-corrected chi connectivity index (χ1v) is 4.88. The van der Waals surface area contributed by atoms with Gasteiger partial charge in [0, 0.05) is 10.1 Å². The van der Waals surface area contributed by atoms with Crippen molar-refractivity contribution in [3.05, 3.63) is 22.2 Å². The second-order valence-electron chi connectivity index (χ2n) is 4.32. The molecule has 0 aromatic rings. The predicted molar refractivity (Wildman–Crippen MR) is 55.4 cm³/mol. The Morgan fingerprint density at radius 3 is 2.33 bits per heavy atom. The molecule has 0 saturated heterocycles. The second kappa shape index (κ2) is 3.43. The van der Waals surface area contributed by atoms with Gasteiger partial charge in [0.2, 0.25) is 0 Å². The highest BCUT2D eigenvalue weighted by Gasteiger charge is 2.25. The minimum absolute atomic E-state index is 0.245. The molecule has 1 aliphatic rings. The van der Waals surface area contributed by atoms with Crippen LogP contribution in [0, 0.1) is 11.3 Å². The molecule has 0 nitrogen and oxygen atoms in total. The van der Waals surface area contributed by atoms with E-state index in [1.807, 2.05) is 6.08 Å². The molecule has 0 bridgehead atoms. The largest absolute Gasteiger partial charge is 0.0891 e. The number of allylic oxidation sites excluding steroid dienone is 4. The second-order valence-corrected chi connectivity index (χ2v) is 5.24. The molecular weight excluding hydrogens is 191 g/mol. The number of halogens is 2. The first-order valence-electron chi connectivity index (χ1n) is 4.13. The number of rotatable bonds is 0. The quantitative estimate of drug-likeness (QED) is 0.553. The third-order valence-corrected chi connectivity index (χ3v) is 2.68. The third kappa shape index (κ3) is 2.53. The van der Waals surface area contributed by atoms with E-state index in [9.17, 15) is 0 Å². The van der Waals surface area contributed by atoms with Crippen LogP contribution in [0.3, 0.4) is 0 Å². The van der Waals surface area contributed by atoms with Crippen molar-refractivity contribution in [2.45, 2.75) is 27.2 Å². The Kier molecular flexibility index (Phi) is 2.90. The normalized spacial score (nSPS) is 24.9. The molecular formula is C10H14Cl2. The zero-order valence-electron chi connectivity index (χ0n) is 7.70. The molecule has 1 atom stereocenters. The Morgan fingerprint density at radius 1 is 1.33 bits per heavy atom. The van der Waals surface area contributed by atoms with E-state index in [1.54, 1.807) is 0 Å². The van der Waals surface area contributed by atoms with Crippen LogP contribution in [-0.4, -0.2) is 0 Å². The van der Waals surface area contributed by atoms with E-state index < -0.39 is 0 Å². The van der Waals surface area contributed by atoms with E-state index in [4.69, 9.17) is 23.2 Å². The summed E-state index contributed by atoms with van der Waals surface area (Å²) in [4.78, 5) is 0. The SMILES string of the molecule is CC(C)(C)C1C=C(Cl)C=C(Cl)C1. The molecule has 12 heavy (non-hydrogen) atoms. The Balaban J connectivity index is 2.81. The van der Waals surface area contributed by atoms with Crippen molar-refractivity contribution >= 4 is 23.2 Å². The molecule has 2 heteroatoms. The Labute approximate surface area is 84.2 Å². The molecule has 0 heterocycles. The average molecular weight is 205 g/mol. The average Bonchev–Trinajstić information content (AvgIpc) is 1.82. The van der Waals surface area contributed by atoms with E-state index in [1.165, 1.54) is 0 Å². The van der Waals surface area contributed by atoms with Gasteiger partial charge in [-0.15, -0.1) is 0 Å². The molecule has 0 fully saturated rings. The van der Waals surface area contributed by atoms with Crippen LogP contribution in [0.1, 0.15) is 27.2 Å². The van der Waals surface area contributed by atoms with E-state index in [0.717, 1.165) is 16.5 Å². The summed E-state index contributed by atoms with van der Waals surface area (Å²) < 4.78 is 0. The van der Waals surface area contributed by atoms with Crippen molar-refractivity contribution in [1.82, 2.24) is 0 Å². The molecule has 1 rings (SSSR count). The van der Waals surface area contributed by atoms with Crippen LogP contribution in [0.5, 0.6) is 0 Å². The van der Waals surface area contributed by atoms with Gasteiger partial charge in [0.1, 0.15) is 0 Å². The molecule has 0 radical (unpaired) electrons. The van der Waals surface area contributed by atoms with E-state index in [2.05, 4.69) is 26.8 Å². The van der Waals surface area contributed by atoms with Crippen LogP contribution >= 0.6 is 23.2 Å². The summed E-state index contributed by atoms with van der Waals surface area (Å²) in [6, 6.07) is 0. The van der Waals surface area contributed by atoms with Gasteiger partial charge in [0.25, 0.3) is 0 Å². The topological polar surface area (TPSA) is 0 Å². The van der Waals surface area contributed by atoms with Gasteiger partial charge < -0.3 is 0 Å². The van der Waals surface area contributed by atoms with Crippen LogP contribution in [0.15, 0.2) is 22.2 Å². The lowest BCUT2D eigenvalue weighted by Crippen LogP contribution is -2.20.